The summed E-state index contributed by atoms with van der Waals surface area (Å²) < 4.78 is 32.2. The van der Waals surface area contributed by atoms with Gasteiger partial charge in [0.05, 0.1) is 7.11 Å². The summed E-state index contributed by atoms with van der Waals surface area (Å²) in [5.74, 6) is 0.124. The molecular formula is C15H22NO4S. The highest BCUT2D eigenvalue weighted by molar-refractivity contribution is 7.89. The molecule has 0 amide bonds. The van der Waals surface area contributed by atoms with Gasteiger partial charge < -0.3 is 4.74 Å². The van der Waals surface area contributed by atoms with Crippen LogP contribution in [0.25, 0.3) is 0 Å². The van der Waals surface area contributed by atoms with Gasteiger partial charge in [-0.25, -0.2) is 13.1 Å². The highest BCUT2D eigenvalue weighted by atomic mass is 32.2. The second-order valence-electron chi connectivity index (χ2n) is 5.02. The molecule has 0 aromatic heterocycles. The highest BCUT2D eigenvalue weighted by Crippen LogP contribution is 2.25. The fourth-order valence-corrected chi connectivity index (χ4v) is 3.31. The van der Waals surface area contributed by atoms with E-state index in [1.54, 1.807) is 19.9 Å². The van der Waals surface area contributed by atoms with Crippen molar-refractivity contribution in [2.75, 3.05) is 7.11 Å². The third kappa shape index (κ3) is 4.82. The number of carbonyl (C=O) groups excluding carboxylic acids is 1. The van der Waals surface area contributed by atoms with Crippen LogP contribution in [-0.4, -0.2) is 27.4 Å². The van der Waals surface area contributed by atoms with Crippen molar-refractivity contribution in [3.63, 3.8) is 0 Å². The van der Waals surface area contributed by atoms with Crippen LogP contribution in [0, 0.1) is 6.92 Å². The van der Waals surface area contributed by atoms with E-state index in [9.17, 15) is 13.2 Å². The third-order valence-corrected chi connectivity index (χ3v) is 4.50. The van der Waals surface area contributed by atoms with Gasteiger partial charge in [-0.15, -0.1) is 0 Å². The van der Waals surface area contributed by atoms with Crippen molar-refractivity contribution in [3.05, 3.63) is 30.7 Å². The number of sulfonamides is 1. The first-order valence-corrected chi connectivity index (χ1v) is 8.33. The largest absolute Gasteiger partial charge is 0.495 e. The van der Waals surface area contributed by atoms with Crippen molar-refractivity contribution in [3.8, 4) is 5.75 Å². The molecule has 0 heterocycles. The Labute approximate surface area is 126 Å². The minimum atomic E-state index is -3.72. The van der Waals surface area contributed by atoms with E-state index in [4.69, 9.17) is 4.74 Å². The Balaban J connectivity index is 3.20. The molecule has 6 heteroatoms. The average molecular weight is 312 g/mol. The van der Waals surface area contributed by atoms with E-state index >= 15 is 0 Å². The first-order chi connectivity index (χ1) is 9.81. The molecule has 0 spiro atoms. The lowest BCUT2D eigenvalue weighted by atomic mass is 10.1. The van der Waals surface area contributed by atoms with Gasteiger partial charge in [0, 0.05) is 18.0 Å². The predicted molar refractivity (Wildman–Crippen MR) is 82.0 cm³/mol. The SMILES string of the molecule is [CH2]CCCC(=O)c1ccc(OC)c(S(=O)(=O)NC(C)C)c1. The van der Waals surface area contributed by atoms with Crippen molar-refractivity contribution in [2.24, 2.45) is 0 Å². The number of Topliss-reactive ketones (excluding diaryl/α,β-unsaturated/α-hetero) is 1. The van der Waals surface area contributed by atoms with E-state index in [1.165, 1.54) is 19.2 Å². The Morgan fingerprint density at radius 2 is 2.05 bits per heavy atom. The van der Waals surface area contributed by atoms with E-state index in [1.807, 2.05) is 0 Å². The van der Waals surface area contributed by atoms with E-state index < -0.39 is 10.0 Å². The molecule has 0 unspecified atom stereocenters. The molecule has 1 rings (SSSR count). The van der Waals surface area contributed by atoms with Crippen LogP contribution in [0.4, 0.5) is 0 Å². The van der Waals surface area contributed by atoms with E-state index in [0.29, 0.717) is 24.8 Å². The van der Waals surface area contributed by atoms with Gasteiger partial charge in [0.1, 0.15) is 10.6 Å². The van der Waals surface area contributed by atoms with Gasteiger partial charge in [0.15, 0.2) is 5.78 Å². The molecular weight excluding hydrogens is 290 g/mol. The lowest BCUT2D eigenvalue weighted by Crippen LogP contribution is -2.30. The van der Waals surface area contributed by atoms with Crippen LogP contribution in [-0.2, 0) is 10.0 Å². The van der Waals surface area contributed by atoms with Gasteiger partial charge in [0.25, 0.3) is 0 Å². The summed E-state index contributed by atoms with van der Waals surface area (Å²) in [4.78, 5) is 12.0. The number of hydrogen-bond acceptors (Lipinski definition) is 4. The minimum absolute atomic E-state index is 0.0147. The third-order valence-electron chi connectivity index (χ3n) is 2.82. The summed E-state index contributed by atoms with van der Waals surface area (Å²) in [5.41, 5.74) is 0.369. The normalized spacial score (nSPS) is 11.7. The van der Waals surface area contributed by atoms with Gasteiger partial charge >= 0.3 is 0 Å². The molecule has 0 aliphatic rings. The topological polar surface area (TPSA) is 72.5 Å². The van der Waals surface area contributed by atoms with E-state index in [0.717, 1.165) is 0 Å². The molecule has 0 aliphatic carbocycles. The van der Waals surface area contributed by atoms with E-state index in [-0.39, 0.29) is 22.5 Å². The maximum Gasteiger partial charge on any atom is 0.244 e. The molecule has 0 fully saturated rings. The number of nitrogens with one attached hydrogen (secondary N) is 1. The quantitative estimate of drug-likeness (QED) is 0.749. The Morgan fingerprint density at radius 1 is 1.38 bits per heavy atom. The molecule has 1 radical (unpaired) electrons. The maximum atomic E-state index is 12.3. The zero-order chi connectivity index (χ0) is 16.0. The lowest BCUT2D eigenvalue weighted by Gasteiger charge is -2.13. The zero-order valence-electron chi connectivity index (χ0n) is 12.7. The monoisotopic (exact) mass is 312 g/mol. The van der Waals surface area contributed by atoms with Crippen LogP contribution in [0.15, 0.2) is 23.1 Å². The first kappa shape index (κ1) is 17.7. The molecule has 0 saturated heterocycles. The van der Waals surface area contributed by atoms with Crippen molar-refractivity contribution in [1.82, 2.24) is 4.72 Å². The van der Waals surface area contributed by atoms with Gasteiger partial charge in [-0.3, -0.25) is 4.79 Å². The number of benzene rings is 1. The number of ketones is 1. The summed E-state index contributed by atoms with van der Waals surface area (Å²) in [7, 11) is -2.32. The summed E-state index contributed by atoms with van der Waals surface area (Å²) in [6.07, 6.45) is 1.70. The lowest BCUT2D eigenvalue weighted by molar-refractivity contribution is 0.0980. The van der Waals surface area contributed by atoms with Gasteiger partial charge in [0.2, 0.25) is 10.0 Å². The molecule has 0 saturated carbocycles. The van der Waals surface area contributed by atoms with Gasteiger partial charge in [-0.1, -0.05) is 13.3 Å². The molecule has 117 valence electrons. The number of hydrogen-bond donors (Lipinski definition) is 1. The Morgan fingerprint density at radius 3 is 2.57 bits per heavy atom. The average Bonchev–Trinajstić information content (AvgIpc) is 2.42. The smallest absolute Gasteiger partial charge is 0.244 e. The molecule has 0 bridgehead atoms. The van der Waals surface area contributed by atoms with Gasteiger partial charge in [-0.2, -0.15) is 0 Å². The van der Waals surface area contributed by atoms with Crippen LogP contribution in [0.2, 0.25) is 0 Å². The number of rotatable bonds is 8. The summed E-state index contributed by atoms with van der Waals surface area (Å²) in [6, 6.07) is 4.21. The van der Waals surface area contributed by atoms with Crippen LogP contribution in [0.1, 0.15) is 43.5 Å². The number of ether oxygens (including phenoxy) is 1. The maximum absolute atomic E-state index is 12.3. The fourth-order valence-electron chi connectivity index (χ4n) is 1.86. The standard InChI is InChI=1S/C15H22NO4S/c1-5-6-7-13(17)12-8-9-14(20-4)15(10-12)21(18,19)16-11(2)3/h8-11,16H,1,5-7H2,2-4H3. The molecule has 21 heavy (non-hydrogen) atoms. The van der Waals surface area contributed by atoms with Crippen molar-refractivity contribution >= 4 is 15.8 Å². The van der Waals surface area contributed by atoms with Crippen LogP contribution in [0.5, 0.6) is 5.75 Å². The summed E-state index contributed by atoms with van der Waals surface area (Å²) in [6.45, 7) is 7.15. The highest BCUT2D eigenvalue weighted by Gasteiger charge is 2.22. The first-order valence-electron chi connectivity index (χ1n) is 6.84. The number of carbonyl (C=O) groups is 1. The van der Waals surface area contributed by atoms with E-state index in [2.05, 4.69) is 11.6 Å². The number of unbranched alkanes of at least 4 members (excludes halogenated alkanes) is 1. The molecule has 0 aliphatic heterocycles. The Hall–Kier alpha value is -1.40. The van der Waals surface area contributed by atoms with Crippen molar-refractivity contribution in [1.29, 1.82) is 0 Å². The van der Waals surface area contributed by atoms with Crippen molar-refractivity contribution in [2.45, 2.75) is 44.0 Å². The van der Waals surface area contributed by atoms with Gasteiger partial charge in [-0.05, 0) is 38.5 Å². The molecule has 0 atom stereocenters. The summed E-state index contributed by atoms with van der Waals surface area (Å²) in [5, 5.41) is 0. The van der Waals surface area contributed by atoms with Crippen LogP contribution < -0.4 is 9.46 Å². The molecule has 5 nitrogen and oxygen atoms in total. The van der Waals surface area contributed by atoms with Crippen molar-refractivity contribution < 1.29 is 17.9 Å². The zero-order valence-corrected chi connectivity index (χ0v) is 13.5. The Bertz CT molecular complexity index is 594. The van der Waals surface area contributed by atoms with Crippen LogP contribution in [0.3, 0.4) is 0 Å². The van der Waals surface area contributed by atoms with Crippen LogP contribution >= 0.6 is 0 Å². The second-order valence-corrected chi connectivity index (χ2v) is 6.70. The second kappa shape index (κ2) is 7.56. The number of methoxy groups -OCH3 is 1. The molecule has 1 aromatic rings. The Kier molecular flexibility index (Phi) is 6.36. The molecule has 1 N–H and O–H groups in total. The fraction of sp³-hybridized carbons (Fsp3) is 0.467. The molecule has 1 aromatic carbocycles. The minimum Gasteiger partial charge on any atom is -0.495 e. The summed E-state index contributed by atoms with van der Waals surface area (Å²) >= 11 is 0. The predicted octanol–water partition coefficient (Wildman–Crippen LogP) is 2.57.